The molecule has 4 aromatic rings. The predicted octanol–water partition coefficient (Wildman–Crippen LogP) is 5.91. The van der Waals surface area contributed by atoms with Crippen molar-refractivity contribution < 1.29 is 14.3 Å². The number of hydrogen-bond acceptors (Lipinski definition) is 7. The van der Waals surface area contributed by atoms with Crippen molar-refractivity contribution >= 4 is 23.4 Å². The molecule has 0 saturated heterocycles. The van der Waals surface area contributed by atoms with Crippen molar-refractivity contribution in [3.05, 3.63) is 90.0 Å². The molecule has 0 unspecified atom stereocenters. The van der Waals surface area contributed by atoms with Crippen LogP contribution in [0.5, 0.6) is 11.5 Å². The molecular formula is C29H22N4O3S. The number of rotatable bonds is 8. The summed E-state index contributed by atoms with van der Waals surface area (Å²) in [5, 5.41) is 22.4. The van der Waals surface area contributed by atoms with Gasteiger partial charge in [0.25, 0.3) is 0 Å². The molecule has 0 bridgehead atoms. The highest BCUT2D eigenvalue weighted by atomic mass is 32.2. The second-order valence-electron chi connectivity index (χ2n) is 7.83. The van der Waals surface area contributed by atoms with Gasteiger partial charge in [0.2, 0.25) is 5.91 Å². The van der Waals surface area contributed by atoms with E-state index in [9.17, 15) is 10.1 Å². The van der Waals surface area contributed by atoms with Crippen LogP contribution in [0.3, 0.4) is 0 Å². The van der Waals surface area contributed by atoms with Crippen LogP contribution < -0.4 is 14.8 Å². The molecule has 7 nitrogen and oxygen atoms in total. The van der Waals surface area contributed by atoms with Crippen molar-refractivity contribution in [2.24, 2.45) is 0 Å². The molecular weight excluding hydrogens is 484 g/mol. The minimum atomic E-state index is -0.272. The van der Waals surface area contributed by atoms with Gasteiger partial charge in [0.15, 0.2) is 0 Å². The summed E-state index contributed by atoms with van der Waals surface area (Å²) in [6, 6.07) is 27.8. The number of aromatic nitrogens is 1. The number of ether oxygens (including phenoxy) is 2. The molecule has 1 amide bonds. The molecule has 0 aliphatic rings. The molecule has 1 N–H and O–H groups in total. The first kappa shape index (κ1) is 25.3. The highest BCUT2D eigenvalue weighted by molar-refractivity contribution is 8.00. The van der Waals surface area contributed by atoms with E-state index in [1.165, 1.54) is 11.8 Å². The fourth-order valence-electron chi connectivity index (χ4n) is 3.64. The summed E-state index contributed by atoms with van der Waals surface area (Å²) in [6.45, 7) is 0. The summed E-state index contributed by atoms with van der Waals surface area (Å²) < 4.78 is 10.5. The molecule has 1 heterocycles. The van der Waals surface area contributed by atoms with Crippen molar-refractivity contribution in [2.45, 2.75) is 5.03 Å². The topological polar surface area (TPSA) is 108 Å². The van der Waals surface area contributed by atoms with Crippen molar-refractivity contribution in [3.8, 4) is 46.0 Å². The van der Waals surface area contributed by atoms with E-state index in [1.807, 2.05) is 54.6 Å². The Bertz CT molecular complexity index is 1500. The summed E-state index contributed by atoms with van der Waals surface area (Å²) in [6.07, 6.45) is 0. The van der Waals surface area contributed by atoms with E-state index in [0.29, 0.717) is 38.8 Å². The zero-order valence-electron chi connectivity index (χ0n) is 20.2. The number of nitrogens with one attached hydrogen (secondary N) is 1. The van der Waals surface area contributed by atoms with Crippen molar-refractivity contribution in [1.82, 2.24) is 4.98 Å². The van der Waals surface area contributed by atoms with Gasteiger partial charge in [-0.3, -0.25) is 4.79 Å². The first-order chi connectivity index (χ1) is 18.0. The van der Waals surface area contributed by atoms with Crippen LogP contribution in [0.1, 0.15) is 11.1 Å². The van der Waals surface area contributed by atoms with Gasteiger partial charge < -0.3 is 14.8 Å². The van der Waals surface area contributed by atoms with Gasteiger partial charge in [0.1, 0.15) is 22.6 Å². The average molecular weight is 507 g/mol. The van der Waals surface area contributed by atoms with Crippen LogP contribution in [0.2, 0.25) is 0 Å². The molecule has 4 rings (SSSR count). The molecule has 0 fully saturated rings. The SMILES string of the molecule is COc1ccc(-c2cc(-c3ccc(OC)cc3)c(C#N)c(SCC(=O)Nc3cccc(C#N)c3)n2)cc1. The van der Waals surface area contributed by atoms with Gasteiger partial charge in [-0.2, -0.15) is 10.5 Å². The van der Waals surface area contributed by atoms with Gasteiger partial charge in [-0.15, -0.1) is 0 Å². The van der Waals surface area contributed by atoms with Crippen molar-refractivity contribution in [1.29, 1.82) is 10.5 Å². The van der Waals surface area contributed by atoms with E-state index in [-0.39, 0.29) is 11.7 Å². The number of hydrogen-bond donors (Lipinski definition) is 1. The van der Waals surface area contributed by atoms with Crippen LogP contribution >= 0.6 is 11.8 Å². The summed E-state index contributed by atoms with van der Waals surface area (Å²) in [4.78, 5) is 17.4. The van der Waals surface area contributed by atoms with Crippen LogP contribution in [0.25, 0.3) is 22.4 Å². The summed E-state index contributed by atoms with van der Waals surface area (Å²) in [7, 11) is 3.20. The molecule has 182 valence electrons. The van der Waals surface area contributed by atoms with Gasteiger partial charge in [0.05, 0.1) is 42.9 Å². The molecule has 0 saturated carbocycles. The lowest BCUT2D eigenvalue weighted by molar-refractivity contribution is -0.113. The van der Waals surface area contributed by atoms with Crippen LogP contribution in [0, 0.1) is 22.7 Å². The Labute approximate surface area is 219 Å². The Morgan fingerprint density at radius 1 is 0.892 bits per heavy atom. The van der Waals surface area contributed by atoms with Crippen molar-refractivity contribution in [3.63, 3.8) is 0 Å². The Kier molecular flexibility index (Phi) is 8.05. The third-order valence-electron chi connectivity index (χ3n) is 5.50. The fourth-order valence-corrected chi connectivity index (χ4v) is 4.44. The average Bonchev–Trinajstić information content (AvgIpc) is 2.95. The number of amides is 1. The zero-order valence-corrected chi connectivity index (χ0v) is 21.0. The molecule has 3 aromatic carbocycles. The highest BCUT2D eigenvalue weighted by Crippen LogP contribution is 2.35. The van der Waals surface area contributed by atoms with Gasteiger partial charge in [-0.1, -0.05) is 30.0 Å². The molecule has 8 heteroatoms. The summed E-state index contributed by atoms with van der Waals surface area (Å²) in [5.41, 5.74) is 4.41. The van der Waals surface area contributed by atoms with Crippen LogP contribution in [0.15, 0.2) is 83.9 Å². The number of carbonyl (C=O) groups is 1. The third-order valence-corrected chi connectivity index (χ3v) is 6.48. The number of nitrogens with zero attached hydrogens (tertiary/aromatic N) is 3. The minimum absolute atomic E-state index is 0.0343. The van der Waals surface area contributed by atoms with E-state index in [0.717, 1.165) is 16.9 Å². The van der Waals surface area contributed by atoms with Gasteiger partial charge in [-0.05, 0) is 66.2 Å². The fraction of sp³-hybridized carbons (Fsp3) is 0.103. The van der Waals surface area contributed by atoms with Crippen LogP contribution in [-0.2, 0) is 4.79 Å². The second-order valence-corrected chi connectivity index (χ2v) is 8.80. The molecule has 0 aliphatic heterocycles. The maximum atomic E-state index is 12.7. The monoisotopic (exact) mass is 506 g/mol. The predicted molar refractivity (Wildman–Crippen MR) is 143 cm³/mol. The third kappa shape index (κ3) is 6.07. The number of nitriles is 2. The molecule has 0 atom stereocenters. The van der Waals surface area contributed by atoms with Gasteiger partial charge in [-0.25, -0.2) is 4.98 Å². The van der Waals surface area contributed by atoms with Gasteiger partial charge in [0, 0.05) is 16.8 Å². The van der Waals surface area contributed by atoms with E-state index >= 15 is 0 Å². The summed E-state index contributed by atoms with van der Waals surface area (Å²) in [5.74, 6) is 1.19. The van der Waals surface area contributed by atoms with Crippen LogP contribution in [0.4, 0.5) is 5.69 Å². The molecule has 37 heavy (non-hydrogen) atoms. The second kappa shape index (κ2) is 11.8. The normalized spacial score (nSPS) is 10.2. The van der Waals surface area contributed by atoms with Gasteiger partial charge >= 0.3 is 0 Å². The standard InChI is InChI=1S/C29H22N4O3S/c1-35-23-10-6-20(7-11-23)25-15-27(21-8-12-24(36-2)13-9-21)33-29(26(25)17-31)37-18-28(34)32-22-5-3-4-19(14-22)16-30/h3-15H,18H2,1-2H3,(H,32,34). The van der Waals surface area contributed by atoms with Crippen molar-refractivity contribution in [2.75, 3.05) is 25.3 Å². The smallest absolute Gasteiger partial charge is 0.234 e. The quantitative estimate of drug-likeness (QED) is 0.296. The molecule has 0 spiro atoms. The lowest BCUT2D eigenvalue weighted by Gasteiger charge is -2.13. The Morgan fingerprint density at radius 2 is 1.54 bits per heavy atom. The first-order valence-electron chi connectivity index (χ1n) is 11.2. The Hall–Kier alpha value is -4.79. The lowest BCUT2D eigenvalue weighted by atomic mass is 9.99. The number of anilines is 1. The maximum absolute atomic E-state index is 12.7. The number of carbonyl (C=O) groups excluding carboxylic acids is 1. The molecule has 0 radical (unpaired) electrons. The van der Waals surface area contributed by atoms with E-state index in [1.54, 1.807) is 38.5 Å². The first-order valence-corrected chi connectivity index (χ1v) is 12.2. The number of thioether (sulfide) groups is 1. The lowest BCUT2D eigenvalue weighted by Crippen LogP contribution is -2.14. The largest absolute Gasteiger partial charge is 0.497 e. The maximum Gasteiger partial charge on any atom is 0.234 e. The Balaban J connectivity index is 1.69. The zero-order chi connectivity index (χ0) is 26.2. The molecule has 1 aromatic heterocycles. The van der Waals surface area contributed by atoms with E-state index in [2.05, 4.69) is 17.5 Å². The number of benzene rings is 3. The van der Waals surface area contributed by atoms with E-state index in [4.69, 9.17) is 19.7 Å². The number of pyridine rings is 1. The minimum Gasteiger partial charge on any atom is -0.497 e. The van der Waals surface area contributed by atoms with E-state index < -0.39 is 0 Å². The number of methoxy groups -OCH3 is 2. The molecule has 0 aliphatic carbocycles. The highest BCUT2D eigenvalue weighted by Gasteiger charge is 2.17. The Morgan fingerprint density at radius 3 is 2.14 bits per heavy atom. The van der Waals surface area contributed by atoms with Crippen LogP contribution in [-0.4, -0.2) is 30.9 Å². The summed E-state index contributed by atoms with van der Waals surface area (Å²) >= 11 is 1.18.